The third-order valence-corrected chi connectivity index (χ3v) is 3.89. The van der Waals surface area contributed by atoms with E-state index in [1.54, 1.807) is 0 Å². The van der Waals surface area contributed by atoms with E-state index in [1.165, 1.54) is 0 Å². The molecule has 5 heteroatoms. The second-order valence-electron chi connectivity index (χ2n) is 5.62. The largest absolute Gasteiger partial charge is 0.494 e. The lowest BCUT2D eigenvalue weighted by molar-refractivity contribution is 0.294. The molecule has 0 unspecified atom stereocenters. The van der Waals surface area contributed by atoms with Crippen molar-refractivity contribution in [2.75, 3.05) is 6.61 Å². The normalized spacial score (nSPS) is 10.1. The topological polar surface area (TPSA) is 57.4 Å². The summed E-state index contributed by atoms with van der Waals surface area (Å²) in [6.07, 6.45) is 1.81. The highest BCUT2D eigenvalue weighted by atomic mass is 35.5. The molecule has 0 fully saturated rings. The Morgan fingerprint density at radius 2 is 1.77 bits per heavy atom. The van der Waals surface area contributed by atoms with Gasteiger partial charge in [0.1, 0.15) is 12.4 Å². The molecule has 0 atom stereocenters. The van der Waals surface area contributed by atoms with Gasteiger partial charge in [-0.15, -0.1) is 12.4 Å². The van der Waals surface area contributed by atoms with Crippen molar-refractivity contribution in [3.8, 4) is 22.8 Å². The molecular weight excluding hydrogens is 348 g/mol. The zero-order valence-electron chi connectivity index (χ0n) is 14.7. The lowest BCUT2D eigenvalue weighted by Crippen LogP contribution is -2.01. The summed E-state index contributed by atoms with van der Waals surface area (Å²) in [5.41, 5.74) is 10.1. The number of hydrogen-bond donors (Lipinski definition) is 1. The van der Waals surface area contributed by atoms with Crippen LogP contribution in [0.3, 0.4) is 0 Å². The molecule has 3 rings (SSSR count). The van der Waals surface area contributed by atoms with E-state index in [4.69, 9.17) is 15.2 Å². The molecule has 0 bridgehead atoms. The Hall–Kier alpha value is -2.56. The van der Waals surface area contributed by atoms with Crippen LogP contribution in [0.15, 0.2) is 66.9 Å². The van der Waals surface area contributed by atoms with E-state index < -0.39 is 0 Å². The highest BCUT2D eigenvalue weighted by Crippen LogP contribution is 2.28. The molecule has 0 spiro atoms. The van der Waals surface area contributed by atoms with Gasteiger partial charge < -0.3 is 15.2 Å². The number of pyridine rings is 1. The fraction of sp³-hybridized carbons (Fsp3) is 0.190. The molecule has 1 aromatic heterocycles. The van der Waals surface area contributed by atoms with Gasteiger partial charge >= 0.3 is 0 Å². The lowest BCUT2D eigenvalue weighted by atomic mass is 10.0. The molecule has 0 aliphatic rings. The van der Waals surface area contributed by atoms with E-state index in [0.717, 1.165) is 28.0 Å². The minimum atomic E-state index is 0. The third kappa shape index (κ3) is 4.97. The number of benzene rings is 2. The highest BCUT2D eigenvalue weighted by molar-refractivity contribution is 5.85. The number of hydrogen-bond acceptors (Lipinski definition) is 4. The molecule has 1 heterocycles. The molecule has 136 valence electrons. The van der Waals surface area contributed by atoms with Crippen LogP contribution in [0.2, 0.25) is 0 Å². The number of nitrogens with two attached hydrogens (primary N) is 1. The van der Waals surface area contributed by atoms with Crippen molar-refractivity contribution in [2.24, 2.45) is 5.73 Å². The molecule has 3 aromatic rings. The zero-order valence-corrected chi connectivity index (χ0v) is 15.5. The third-order valence-electron chi connectivity index (χ3n) is 3.89. The molecule has 26 heavy (non-hydrogen) atoms. The molecule has 0 saturated heterocycles. The Morgan fingerprint density at radius 1 is 0.962 bits per heavy atom. The Kier molecular flexibility index (Phi) is 7.45. The monoisotopic (exact) mass is 370 g/mol. The number of aromatic nitrogens is 1. The van der Waals surface area contributed by atoms with Crippen LogP contribution in [0.4, 0.5) is 0 Å². The molecule has 0 aliphatic heterocycles. The van der Waals surface area contributed by atoms with E-state index in [-0.39, 0.29) is 12.4 Å². The molecule has 2 aromatic carbocycles. The Morgan fingerprint density at radius 3 is 2.42 bits per heavy atom. The van der Waals surface area contributed by atoms with Gasteiger partial charge in [0.15, 0.2) is 0 Å². The maximum atomic E-state index is 5.87. The van der Waals surface area contributed by atoms with E-state index in [9.17, 15) is 0 Å². The molecule has 0 aliphatic carbocycles. The highest BCUT2D eigenvalue weighted by Gasteiger charge is 2.07. The molecular formula is C21H23ClN2O2. The van der Waals surface area contributed by atoms with Gasteiger partial charge in [-0.3, -0.25) is 0 Å². The minimum Gasteiger partial charge on any atom is -0.494 e. The molecule has 0 saturated carbocycles. The minimum absolute atomic E-state index is 0. The summed E-state index contributed by atoms with van der Waals surface area (Å²) < 4.78 is 11.3. The van der Waals surface area contributed by atoms with Crippen LogP contribution in [0, 0.1) is 0 Å². The quantitative estimate of drug-likeness (QED) is 0.660. The molecule has 0 amide bonds. The maximum Gasteiger partial charge on any atom is 0.213 e. The Balaban J connectivity index is 0.00000243. The number of rotatable bonds is 7. The molecule has 0 radical (unpaired) electrons. The van der Waals surface area contributed by atoms with Crippen molar-refractivity contribution in [1.29, 1.82) is 0 Å². The van der Waals surface area contributed by atoms with Gasteiger partial charge in [-0.25, -0.2) is 4.98 Å². The fourth-order valence-corrected chi connectivity index (χ4v) is 2.62. The first-order valence-electron chi connectivity index (χ1n) is 8.39. The smallest absolute Gasteiger partial charge is 0.213 e. The standard InChI is InChI=1S/C21H22N2O2.ClH/c1-2-24-19-10-8-17(13-22)20(12-19)18-9-11-21(23-14-18)25-15-16-6-4-3-5-7-16;/h3-12,14H,2,13,15,22H2,1H3;1H. The molecule has 4 nitrogen and oxygen atoms in total. The summed E-state index contributed by atoms with van der Waals surface area (Å²) >= 11 is 0. The lowest BCUT2D eigenvalue weighted by Gasteiger charge is -2.12. The van der Waals surface area contributed by atoms with E-state index in [1.807, 2.05) is 73.8 Å². The van der Waals surface area contributed by atoms with Gasteiger partial charge in [0, 0.05) is 24.4 Å². The first-order valence-corrected chi connectivity index (χ1v) is 8.39. The van der Waals surface area contributed by atoms with Crippen LogP contribution in [0.25, 0.3) is 11.1 Å². The fourth-order valence-electron chi connectivity index (χ4n) is 2.62. The second kappa shape index (κ2) is 9.80. The average molecular weight is 371 g/mol. The van der Waals surface area contributed by atoms with Crippen molar-refractivity contribution < 1.29 is 9.47 Å². The summed E-state index contributed by atoms with van der Waals surface area (Å²) in [6.45, 7) is 3.57. The van der Waals surface area contributed by atoms with E-state index >= 15 is 0 Å². The van der Waals surface area contributed by atoms with Crippen LogP contribution in [-0.2, 0) is 13.2 Å². The summed E-state index contributed by atoms with van der Waals surface area (Å²) in [6, 6.07) is 19.9. The van der Waals surface area contributed by atoms with Gasteiger partial charge in [-0.2, -0.15) is 0 Å². The van der Waals surface area contributed by atoms with Crippen molar-refractivity contribution >= 4 is 12.4 Å². The predicted octanol–water partition coefficient (Wildman–Crippen LogP) is 4.61. The summed E-state index contributed by atoms with van der Waals surface area (Å²) in [7, 11) is 0. The van der Waals surface area contributed by atoms with Gasteiger partial charge in [0.2, 0.25) is 5.88 Å². The van der Waals surface area contributed by atoms with Gasteiger partial charge in [-0.1, -0.05) is 36.4 Å². The van der Waals surface area contributed by atoms with Crippen LogP contribution < -0.4 is 15.2 Å². The summed E-state index contributed by atoms with van der Waals surface area (Å²) in [5.74, 6) is 1.43. The van der Waals surface area contributed by atoms with Gasteiger partial charge in [0.05, 0.1) is 6.61 Å². The first-order chi connectivity index (χ1) is 12.3. The number of ether oxygens (including phenoxy) is 2. The van der Waals surface area contributed by atoms with Crippen molar-refractivity contribution in [2.45, 2.75) is 20.1 Å². The second-order valence-corrected chi connectivity index (χ2v) is 5.62. The summed E-state index contributed by atoms with van der Waals surface area (Å²) in [4.78, 5) is 4.42. The summed E-state index contributed by atoms with van der Waals surface area (Å²) in [5, 5.41) is 0. The van der Waals surface area contributed by atoms with Gasteiger partial charge in [0.25, 0.3) is 0 Å². The maximum absolute atomic E-state index is 5.87. The Bertz CT molecular complexity index is 808. The predicted molar refractivity (Wildman–Crippen MR) is 107 cm³/mol. The van der Waals surface area contributed by atoms with Crippen LogP contribution >= 0.6 is 12.4 Å². The number of halogens is 1. The van der Waals surface area contributed by atoms with Crippen LogP contribution in [0.5, 0.6) is 11.6 Å². The SMILES string of the molecule is CCOc1ccc(CN)c(-c2ccc(OCc3ccccc3)nc2)c1.Cl. The van der Waals surface area contributed by atoms with Gasteiger partial charge in [-0.05, 0) is 41.8 Å². The average Bonchev–Trinajstić information content (AvgIpc) is 2.68. The van der Waals surface area contributed by atoms with Crippen molar-refractivity contribution in [3.05, 3.63) is 78.0 Å². The van der Waals surface area contributed by atoms with Crippen LogP contribution in [0.1, 0.15) is 18.1 Å². The zero-order chi connectivity index (χ0) is 17.5. The van der Waals surface area contributed by atoms with E-state index in [0.29, 0.717) is 25.6 Å². The molecule has 2 N–H and O–H groups in total. The van der Waals surface area contributed by atoms with E-state index in [2.05, 4.69) is 4.98 Å². The first kappa shape index (κ1) is 19.8. The van der Waals surface area contributed by atoms with Crippen molar-refractivity contribution in [1.82, 2.24) is 4.98 Å². The number of nitrogens with zero attached hydrogens (tertiary/aromatic N) is 1. The van der Waals surface area contributed by atoms with Crippen LogP contribution in [-0.4, -0.2) is 11.6 Å². The Labute approximate surface area is 160 Å². The van der Waals surface area contributed by atoms with Crippen molar-refractivity contribution in [3.63, 3.8) is 0 Å².